The van der Waals surface area contributed by atoms with Crippen LogP contribution in [0.3, 0.4) is 0 Å². The molecule has 0 aromatic heterocycles. The predicted octanol–water partition coefficient (Wildman–Crippen LogP) is 7.70. The Morgan fingerprint density at radius 2 is 1.74 bits per heavy atom. The minimum Gasteiger partial charge on any atom is -0.408 e. The van der Waals surface area contributed by atoms with Gasteiger partial charge in [-0.25, -0.2) is 18.9 Å². The van der Waals surface area contributed by atoms with Crippen molar-refractivity contribution >= 4 is 80.6 Å². The number of amides is 1. The first-order valence-corrected chi connectivity index (χ1v) is 17.3. The molecule has 0 radical (unpaired) electrons. The highest BCUT2D eigenvalue weighted by atomic mass is 79.9. The molecule has 4 aliphatic heterocycles. The van der Waals surface area contributed by atoms with Gasteiger partial charge in [-0.15, -0.1) is 0 Å². The smallest absolute Gasteiger partial charge is 0.408 e. The standard InChI is InChI=1S/C29H27BrCl2N5O5P/c30-22-16-20(37(39)40)6-8-25(22)33-43(35-11-13-41-14-12-35)26-15-18-3-1-9-34-10-2-4-21(27(18)34)28(26)42-29(38)36(43)19-5-7-23(31)24(32)17-19/h5-8,15-17H,1-4,9-14H2/t43-/m0/s1. The topological polar surface area (TPSA) is 101 Å². The summed E-state index contributed by atoms with van der Waals surface area (Å²) in [5.41, 5.74) is 4.39. The number of hydrogen-bond acceptors (Lipinski definition) is 7. The van der Waals surface area contributed by atoms with Crippen LogP contribution in [0.25, 0.3) is 0 Å². The van der Waals surface area contributed by atoms with Crippen LogP contribution in [0.15, 0.2) is 51.7 Å². The number of hydrogen-bond donors (Lipinski definition) is 0. The van der Waals surface area contributed by atoms with Gasteiger partial charge in [-0.2, -0.15) is 0 Å². The number of anilines is 2. The van der Waals surface area contributed by atoms with Gasteiger partial charge in [0.05, 0.1) is 49.3 Å². The van der Waals surface area contributed by atoms with Crippen molar-refractivity contribution in [3.8, 4) is 5.75 Å². The molecule has 0 aliphatic carbocycles. The number of halogens is 3. The monoisotopic (exact) mass is 705 g/mol. The highest BCUT2D eigenvalue weighted by Gasteiger charge is 2.50. The number of carbonyl (C=O) groups excluding carboxylic acids is 1. The van der Waals surface area contributed by atoms with Gasteiger partial charge in [0.2, 0.25) is 0 Å². The van der Waals surface area contributed by atoms with Crippen LogP contribution in [0.4, 0.5) is 27.5 Å². The number of nitrogens with zero attached hydrogens (tertiary/aromatic N) is 5. The summed E-state index contributed by atoms with van der Waals surface area (Å²) in [7, 11) is -3.23. The first-order chi connectivity index (χ1) is 20.8. The molecule has 7 rings (SSSR count). The van der Waals surface area contributed by atoms with E-state index in [-0.39, 0.29) is 5.69 Å². The van der Waals surface area contributed by atoms with E-state index in [4.69, 9.17) is 37.4 Å². The summed E-state index contributed by atoms with van der Waals surface area (Å²) in [5, 5.41) is 13.1. The van der Waals surface area contributed by atoms with Gasteiger partial charge in [-0.1, -0.05) is 23.2 Å². The maximum atomic E-state index is 14.4. The molecule has 0 spiro atoms. The summed E-state index contributed by atoms with van der Waals surface area (Å²) < 4.78 is 21.9. The van der Waals surface area contributed by atoms with Crippen LogP contribution in [-0.4, -0.2) is 55.1 Å². The zero-order chi connectivity index (χ0) is 29.9. The lowest BCUT2D eigenvalue weighted by Crippen LogP contribution is -2.50. The number of fused-ring (bicyclic) bond motifs is 2. The van der Waals surface area contributed by atoms with E-state index in [0.29, 0.717) is 57.9 Å². The molecule has 3 aromatic rings. The van der Waals surface area contributed by atoms with E-state index >= 15 is 0 Å². The van der Waals surface area contributed by atoms with Crippen molar-refractivity contribution < 1.29 is 19.2 Å². The molecule has 0 saturated carbocycles. The number of rotatable bonds is 4. The van der Waals surface area contributed by atoms with Gasteiger partial charge in [0.15, 0.2) is 7.36 Å². The van der Waals surface area contributed by atoms with E-state index in [9.17, 15) is 14.9 Å². The van der Waals surface area contributed by atoms with Gasteiger partial charge in [-0.05, 0) is 77.5 Å². The Balaban J connectivity index is 1.59. The first-order valence-electron chi connectivity index (χ1n) is 14.1. The molecule has 1 fully saturated rings. The molecule has 224 valence electrons. The number of aryl methyl sites for hydroxylation is 1. The SMILES string of the molecule is O=C1Oc2c(cc3c4c2CCCN4CCC3)[P@](=Nc2ccc([N+](=O)[O-])cc2Br)(N2CCOCC2)N1c1ccc(Cl)c(Cl)c1. The van der Waals surface area contributed by atoms with Gasteiger partial charge in [0.25, 0.3) is 5.69 Å². The normalized spacial score (nSPS) is 21.6. The number of nitro groups is 1. The molecule has 14 heteroatoms. The lowest BCUT2D eigenvalue weighted by Gasteiger charge is -2.49. The van der Waals surface area contributed by atoms with Crippen molar-refractivity contribution in [3.63, 3.8) is 0 Å². The summed E-state index contributed by atoms with van der Waals surface area (Å²) in [6.07, 6.45) is 3.15. The second-order valence-electron chi connectivity index (χ2n) is 10.8. The van der Waals surface area contributed by atoms with Crippen molar-refractivity contribution in [1.82, 2.24) is 4.67 Å². The van der Waals surface area contributed by atoms with Gasteiger partial charge in [0, 0.05) is 49.6 Å². The summed E-state index contributed by atoms with van der Waals surface area (Å²) in [6, 6.07) is 11.8. The molecule has 4 heterocycles. The average molecular weight is 707 g/mol. The van der Waals surface area contributed by atoms with Gasteiger partial charge < -0.3 is 14.4 Å². The van der Waals surface area contributed by atoms with Crippen LogP contribution in [0.5, 0.6) is 5.75 Å². The summed E-state index contributed by atoms with van der Waals surface area (Å²) in [6.45, 7) is 3.92. The molecule has 1 atom stereocenters. The van der Waals surface area contributed by atoms with Crippen molar-refractivity contribution in [2.24, 2.45) is 4.74 Å². The predicted molar refractivity (Wildman–Crippen MR) is 172 cm³/mol. The van der Waals surface area contributed by atoms with Gasteiger partial charge in [0.1, 0.15) is 5.75 Å². The minimum absolute atomic E-state index is 0.0621. The number of morpholine rings is 1. The molecule has 3 aromatic carbocycles. The fourth-order valence-electron chi connectivity index (χ4n) is 6.50. The fraction of sp³-hybridized carbons (Fsp3) is 0.345. The van der Waals surface area contributed by atoms with Crippen molar-refractivity contribution in [2.75, 3.05) is 49.0 Å². The van der Waals surface area contributed by atoms with Crippen LogP contribution in [-0.2, 0) is 17.6 Å². The Morgan fingerprint density at radius 1 is 0.977 bits per heavy atom. The minimum atomic E-state index is -3.23. The highest BCUT2D eigenvalue weighted by Crippen LogP contribution is 2.65. The maximum Gasteiger partial charge on any atom is 0.425 e. The molecule has 1 amide bonds. The fourth-order valence-corrected chi connectivity index (χ4v) is 11.2. The Hall–Kier alpha value is -2.66. The van der Waals surface area contributed by atoms with E-state index in [1.807, 2.05) is 0 Å². The van der Waals surface area contributed by atoms with Crippen molar-refractivity contribution in [1.29, 1.82) is 0 Å². The highest BCUT2D eigenvalue weighted by molar-refractivity contribution is 9.10. The lowest BCUT2D eigenvalue weighted by molar-refractivity contribution is -0.384. The van der Waals surface area contributed by atoms with E-state index in [1.54, 1.807) is 28.9 Å². The zero-order valence-corrected chi connectivity index (χ0v) is 27.0. The van der Waals surface area contributed by atoms with Crippen molar-refractivity contribution in [3.05, 3.63) is 78.2 Å². The van der Waals surface area contributed by atoms with E-state index in [2.05, 4.69) is 31.6 Å². The van der Waals surface area contributed by atoms with Gasteiger partial charge >= 0.3 is 6.09 Å². The van der Waals surface area contributed by atoms with Crippen LogP contribution in [0.2, 0.25) is 10.0 Å². The molecule has 43 heavy (non-hydrogen) atoms. The second kappa shape index (κ2) is 11.4. The van der Waals surface area contributed by atoms with Crippen LogP contribution in [0.1, 0.15) is 24.0 Å². The quantitative estimate of drug-likeness (QED) is 0.156. The third kappa shape index (κ3) is 4.85. The van der Waals surface area contributed by atoms with E-state index in [1.165, 1.54) is 23.4 Å². The molecule has 4 aliphatic rings. The van der Waals surface area contributed by atoms with Crippen LogP contribution in [0, 0.1) is 10.1 Å². The number of nitro benzene ring substituents is 1. The van der Waals surface area contributed by atoms with Gasteiger partial charge in [-0.3, -0.25) is 10.1 Å². The molecule has 0 unspecified atom stereocenters. The number of carbonyl (C=O) groups is 1. The molecule has 10 nitrogen and oxygen atoms in total. The molecule has 1 saturated heterocycles. The zero-order valence-electron chi connectivity index (χ0n) is 23.0. The Morgan fingerprint density at radius 3 is 2.47 bits per heavy atom. The maximum absolute atomic E-state index is 14.4. The van der Waals surface area contributed by atoms with Crippen LogP contribution < -0.4 is 19.6 Å². The number of ether oxygens (including phenoxy) is 2. The summed E-state index contributed by atoms with van der Waals surface area (Å²) >= 11 is 16.4. The molecular formula is C29H27BrCl2N5O5P. The molecule has 0 N–H and O–H groups in total. The number of non-ortho nitro benzene ring substituents is 1. The average Bonchev–Trinajstić information content (AvgIpc) is 3.01. The second-order valence-corrected chi connectivity index (χ2v) is 15.3. The van der Waals surface area contributed by atoms with Crippen LogP contribution >= 0.6 is 46.5 Å². The summed E-state index contributed by atoms with van der Waals surface area (Å²) in [4.78, 5) is 27.9. The molecule has 0 bridgehead atoms. The van der Waals surface area contributed by atoms with E-state index < -0.39 is 18.4 Å². The third-order valence-electron chi connectivity index (χ3n) is 8.34. The Labute approximate surface area is 266 Å². The lowest BCUT2D eigenvalue weighted by atomic mass is 9.91. The third-order valence-corrected chi connectivity index (χ3v) is 13.3. The largest absolute Gasteiger partial charge is 0.425 e. The van der Waals surface area contributed by atoms with E-state index in [0.717, 1.165) is 49.6 Å². The van der Waals surface area contributed by atoms with Crippen molar-refractivity contribution in [2.45, 2.75) is 25.7 Å². The Kier molecular flexibility index (Phi) is 7.68. The Bertz CT molecular complexity index is 1730. The number of benzene rings is 3. The first kappa shape index (κ1) is 29.1. The molecular weight excluding hydrogens is 680 g/mol. The summed E-state index contributed by atoms with van der Waals surface area (Å²) in [5.74, 6) is 0.577.